The Morgan fingerprint density at radius 1 is 1.03 bits per heavy atom. The van der Waals surface area contributed by atoms with Crippen LogP contribution in [0.2, 0.25) is 0 Å². The summed E-state index contributed by atoms with van der Waals surface area (Å²) in [6.07, 6.45) is 1.01. The normalized spacial score (nSPS) is 18.4. The number of fused-ring (bicyclic) bond motifs is 1. The van der Waals surface area contributed by atoms with Gasteiger partial charge in [-0.3, -0.25) is 14.5 Å². The van der Waals surface area contributed by atoms with E-state index in [9.17, 15) is 14.4 Å². The molecule has 0 radical (unpaired) electrons. The molecule has 1 aliphatic rings. The number of imide groups is 1. The first kappa shape index (κ1) is 22.8. The van der Waals surface area contributed by atoms with Crippen LogP contribution < -0.4 is 5.32 Å². The number of hydrogen-bond acceptors (Lipinski definition) is 3. The third-order valence-corrected chi connectivity index (χ3v) is 6.71. The molecule has 2 heterocycles. The van der Waals surface area contributed by atoms with Crippen molar-refractivity contribution >= 4 is 28.5 Å². The number of carbonyl (C=O) groups excluding carboxylic acids is 3. The summed E-state index contributed by atoms with van der Waals surface area (Å²) in [6, 6.07) is 14.9. The Balaban J connectivity index is 1.57. The number of ketones is 1. The lowest BCUT2D eigenvalue weighted by Crippen LogP contribution is -2.41. The Hall–Kier alpha value is -3.41. The second-order valence-electron chi connectivity index (χ2n) is 9.55. The Labute approximate surface area is 194 Å². The summed E-state index contributed by atoms with van der Waals surface area (Å²) < 4.78 is 2.14. The van der Waals surface area contributed by atoms with Crippen molar-refractivity contribution in [1.29, 1.82) is 0 Å². The number of Topliss-reactive ketones (excluding diaryl/α,β-unsaturated/α-hetero) is 1. The lowest BCUT2D eigenvalue weighted by atomic mass is 9.90. The predicted octanol–water partition coefficient (Wildman–Crippen LogP) is 4.95. The lowest BCUT2D eigenvalue weighted by molar-refractivity contribution is -0.130. The van der Waals surface area contributed by atoms with Crippen molar-refractivity contribution in [2.75, 3.05) is 6.54 Å². The number of nitrogens with one attached hydrogen (secondary N) is 1. The van der Waals surface area contributed by atoms with Gasteiger partial charge in [0.05, 0.1) is 6.54 Å². The van der Waals surface area contributed by atoms with E-state index in [0.717, 1.165) is 40.0 Å². The highest BCUT2D eigenvalue weighted by molar-refractivity contribution is 6.11. The van der Waals surface area contributed by atoms with Crippen LogP contribution in [0.25, 0.3) is 10.8 Å². The van der Waals surface area contributed by atoms with Gasteiger partial charge in [-0.1, -0.05) is 50.2 Å². The molecule has 1 N–H and O–H groups in total. The number of aromatic nitrogens is 1. The third kappa shape index (κ3) is 4.06. The molecule has 0 aliphatic carbocycles. The van der Waals surface area contributed by atoms with Gasteiger partial charge in [-0.05, 0) is 61.6 Å². The molecule has 1 fully saturated rings. The second-order valence-corrected chi connectivity index (χ2v) is 9.55. The second kappa shape index (κ2) is 8.50. The minimum atomic E-state index is -1.21. The maximum atomic E-state index is 13.4. The summed E-state index contributed by atoms with van der Waals surface area (Å²) in [5, 5.41) is 4.86. The average molecular weight is 446 g/mol. The number of amides is 3. The maximum absolute atomic E-state index is 13.4. The smallest absolute Gasteiger partial charge is 0.325 e. The van der Waals surface area contributed by atoms with Crippen molar-refractivity contribution in [3.63, 3.8) is 0 Å². The van der Waals surface area contributed by atoms with Crippen LogP contribution in [0.1, 0.15) is 54.5 Å². The van der Waals surface area contributed by atoms with Crippen LogP contribution in [-0.4, -0.2) is 33.7 Å². The number of nitrogens with zero attached hydrogens (tertiary/aromatic N) is 2. The summed E-state index contributed by atoms with van der Waals surface area (Å²) in [4.78, 5) is 40.3. The van der Waals surface area contributed by atoms with Crippen LogP contribution in [0.5, 0.6) is 0 Å². The van der Waals surface area contributed by atoms with Crippen LogP contribution in [0.15, 0.2) is 48.5 Å². The van der Waals surface area contributed by atoms with Crippen molar-refractivity contribution < 1.29 is 14.4 Å². The molecular formula is C27H31N3O3. The van der Waals surface area contributed by atoms with E-state index in [1.165, 1.54) is 0 Å². The molecule has 1 atom stereocenters. The molecule has 6 nitrogen and oxygen atoms in total. The van der Waals surface area contributed by atoms with Crippen molar-refractivity contribution in [3.05, 3.63) is 71.0 Å². The van der Waals surface area contributed by atoms with Crippen molar-refractivity contribution in [1.82, 2.24) is 14.8 Å². The summed E-state index contributed by atoms with van der Waals surface area (Å²) >= 11 is 0. The van der Waals surface area contributed by atoms with Gasteiger partial charge in [0, 0.05) is 23.5 Å². The molecule has 6 heteroatoms. The number of urea groups is 1. The number of carbonyl (C=O) groups is 3. The van der Waals surface area contributed by atoms with Crippen molar-refractivity contribution in [3.8, 4) is 0 Å². The minimum Gasteiger partial charge on any atom is -0.348 e. The highest BCUT2D eigenvalue weighted by Crippen LogP contribution is 2.31. The van der Waals surface area contributed by atoms with Crippen molar-refractivity contribution in [2.45, 2.75) is 53.1 Å². The van der Waals surface area contributed by atoms with Gasteiger partial charge in [0.25, 0.3) is 5.91 Å². The summed E-state index contributed by atoms with van der Waals surface area (Å²) in [5.74, 6) is -0.0843. The van der Waals surface area contributed by atoms with Gasteiger partial charge in [-0.25, -0.2) is 4.79 Å². The van der Waals surface area contributed by atoms with Gasteiger partial charge in [0.2, 0.25) is 0 Å². The van der Waals surface area contributed by atoms with Crippen LogP contribution in [-0.2, 0) is 16.9 Å². The fourth-order valence-electron chi connectivity index (χ4n) is 4.58. The molecule has 1 aromatic heterocycles. The van der Waals surface area contributed by atoms with Crippen molar-refractivity contribution in [2.24, 2.45) is 5.92 Å². The van der Waals surface area contributed by atoms with Crippen LogP contribution in [0, 0.1) is 19.8 Å². The number of hydrogen-bond donors (Lipinski definition) is 1. The van der Waals surface area contributed by atoms with Gasteiger partial charge >= 0.3 is 6.03 Å². The first-order valence-electron chi connectivity index (χ1n) is 11.4. The van der Waals surface area contributed by atoms with Gasteiger partial charge in [-0.2, -0.15) is 0 Å². The standard InChI is InChI=1S/C27H31N3O3/c1-17(2)12-13-29-18(3)14-23(19(29)4)24(31)16-30-25(32)27(5,28-26(30)33)22-11-10-20-8-6-7-9-21(20)15-22/h6-11,14-15,17H,12-13,16H2,1-5H3,(H,28,33). The van der Waals surface area contributed by atoms with E-state index >= 15 is 0 Å². The van der Waals surface area contributed by atoms with E-state index in [4.69, 9.17) is 0 Å². The molecule has 172 valence electrons. The largest absolute Gasteiger partial charge is 0.348 e. The van der Waals surface area contributed by atoms with Gasteiger partial charge < -0.3 is 9.88 Å². The molecule has 1 saturated heterocycles. The number of rotatable bonds is 7. The predicted molar refractivity (Wildman–Crippen MR) is 129 cm³/mol. The number of aryl methyl sites for hydroxylation is 1. The first-order valence-corrected chi connectivity index (χ1v) is 11.4. The molecule has 0 spiro atoms. The van der Waals surface area contributed by atoms with Gasteiger partial charge in [-0.15, -0.1) is 0 Å². The van der Waals surface area contributed by atoms with E-state index in [0.29, 0.717) is 17.0 Å². The Morgan fingerprint density at radius 2 is 1.73 bits per heavy atom. The van der Waals surface area contributed by atoms with E-state index in [1.54, 1.807) is 6.92 Å². The van der Waals surface area contributed by atoms with E-state index in [1.807, 2.05) is 62.4 Å². The SMILES string of the molecule is Cc1cc(C(=O)CN2C(=O)NC(C)(c3ccc4ccccc4c3)C2=O)c(C)n1CCC(C)C. The molecule has 1 aliphatic heterocycles. The quantitative estimate of drug-likeness (QED) is 0.413. The molecule has 0 saturated carbocycles. The zero-order valence-electron chi connectivity index (χ0n) is 19.9. The monoisotopic (exact) mass is 445 g/mol. The maximum Gasteiger partial charge on any atom is 0.325 e. The molecular weight excluding hydrogens is 414 g/mol. The molecule has 0 bridgehead atoms. The van der Waals surface area contributed by atoms with Gasteiger partial charge in [0.15, 0.2) is 5.78 Å². The molecule has 4 rings (SSSR count). The van der Waals surface area contributed by atoms with E-state index in [2.05, 4.69) is 23.7 Å². The average Bonchev–Trinajstić information content (AvgIpc) is 3.19. The van der Waals surface area contributed by atoms with E-state index < -0.39 is 17.5 Å². The lowest BCUT2D eigenvalue weighted by Gasteiger charge is -2.22. The first-order chi connectivity index (χ1) is 15.6. The fourth-order valence-corrected chi connectivity index (χ4v) is 4.58. The highest BCUT2D eigenvalue weighted by atomic mass is 16.2. The van der Waals surface area contributed by atoms with E-state index in [-0.39, 0.29) is 12.3 Å². The molecule has 3 aromatic rings. The Morgan fingerprint density at radius 3 is 2.42 bits per heavy atom. The summed E-state index contributed by atoms with van der Waals surface area (Å²) in [5.41, 5.74) is 1.94. The summed E-state index contributed by atoms with van der Waals surface area (Å²) in [6.45, 7) is 10.5. The zero-order chi connectivity index (χ0) is 23.9. The number of benzene rings is 2. The molecule has 33 heavy (non-hydrogen) atoms. The summed E-state index contributed by atoms with van der Waals surface area (Å²) in [7, 11) is 0. The Kier molecular flexibility index (Phi) is 5.87. The third-order valence-electron chi connectivity index (χ3n) is 6.71. The topological polar surface area (TPSA) is 71.4 Å². The molecule has 1 unspecified atom stereocenters. The molecule has 3 amide bonds. The van der Waals surface area contributed by atoms with Crippen LogP contribution >= 0.6 is 0 Å². The Bertz CT molecular complexity index is 1260. The fraction of sp³-hybridized carbons (Fsp3) is 0.370. The van der Waals surface area contributed by atoms with Gasteiger partial charge in [0.1, 0.15) is 5.54 Å². The highest BCUT2D eigenvalue weighted by Gasteiger charge is 2.49. The minimum absolute atomic E-state index is 0.231. The zero-order valence-corrected chi connectivity index (χ0v) is 19.9. The molecule has 2 aromatic carbocycles. The van der Waals surface area contributed by atoms with Crippen LogP contribution in [0.3, 0.4) is 0 Å². The van der Waals surface area contributed by atoms with Crippen LogP contribution in [0.4, 0.5) is 4.79 Å².